The fraction of sp³-hybridized carbons (Fsp3) is 0.538. The standard InChI is InChI=1S/C13H17FO3/c1-9-5-6-11(17-9)8-16-13-10(7-15)3-2-4-12(13)14/h2-4,9,11,15H,5-8H2,1H3. The smallest absolute Gasteiger partial charge is 0.165 e. The maximum absolute atomic E-state index is 13.5. The van der Waals surface area contributed by atoms with Gasteiger partial charge in [0.1, 0.15) is 6.61 Å². The Labute approximate surface area is 100 Å². The maximum atomic E-state index is 13.5. The molecular formula is C13H17FO3. The van der Waals surface area contributed by atoms with Crippen LogP contribution in [0.3, 0.4) is 0 Å². The van der Waals surface area contributed by atoms with Gasteiger partial charge in [0.05, 0.1) is 18.8 Å². The molecule has 1 aromatic rings. The summed E-state index contributed by atoms with van der Waals surface area (Å²) in [7, 11) is 0. The lowest BCUT2D eigenvalue weighted by molar-refractivity contribution is 0.0251. The van der Waals surface area contributed by atoms with E-state index in [0.29, 0.717) is 12.2 Å². The van der Waals surface area contributed by atoms with Crippen molar-refractivity contribution in [2.24, 2.45) is 0 Å². The maximum Gasteiger partial charge on any atom is 0.165 e. The lowest BCUT2D eigenvalue weighted by atomic mass is 10.2. The fourth-order valence-corrected chi connectivity index (χ4v) is 2.02. The summed E-state index contributed by atoms with van der Waals surface area (Å²) in [6.45, 7) is 2.12. The van der Waals surface area contributed by atoms with E-state index in [4.69, 9.17) is 14.6 Å². The van der Waals surface area contributed by atoms with Crippen molar-refractivity contribution in [2.75, 3.05) is 6.61 Å². The van der Waals surface area contributed by atoms with E-state index in [0.717, 1.165) is 12.8 Å². The van der Waals surface area contributed by atoms with Crippen LogP contribution in [0, 0.1) is 5.82 Å². The molecule has 0 aromatic heterocycles. The zero-order valence-corrected chi connectivity index (χ0v) is 9.86. The van der Waals surface area contributed by atoms with Crippen LogP contribution < -0.4 is 4.74 Å². The monoisotopic (exact) mass is 240 g/mol. The minimum atomic E-state index is -0.442. The second-order valence-electron chi connectivity index (χ2n) is 4.34. The number of hydrogen-bond donors (Lipinski definition) is 1. The molecule has 94 valence electrons. The van der Waals surface area contributed by atoms with Crippen LogP contribution in [0.1, 0.15) is 25.3 Å². The molecule has 0 radical (unpaired) electrons. The zero-order valence-electron chi connectivity index (χ0n) is 9.86. The molecule has 1 aliphatic heterocycles. The minimum absolute atomic E-state index is 0.0242. The molecule has 0 bridgehead atoms. The first-order valence-electron chi connectivity index (χ1n) is 5.87. The third-order valence-corrected chi connectivity index (χ3v) is 2.95. The minimum Gasteiger partial charge on any atom is -0.487 e. The van der Waals surface area contributed by atoms with E-state index in [1.165, 1.54) is 6.07 Å². The van der Waals surface area contributed by atoms with Gasteiger partial charge in [-0.05, 0) is 25.8 Å². The van der Waals surface area contributed by atoms with Crippen LogP contribution in [0.25, 0.3) is 0 Å². The van der Waals surface area contributed by atoms with Crippen LogP contribution >= 0.6 is 0 Å². The van der Waals surface area contributed by atoms with Gasteiger partial charge in [0, 0.05) is 5.56 Å². The molecule has 2 unspecified atom stereocenters. The number of ether oxygens (including phenoxy) is 2. The third-order valence-electron chi connectivity index (χ3n) is 2.95. The van der Waals surface area contributed by atoms with Crippen molar-refractivity contribution >= 4 is 0 Å². The molecule has 0 spiro atoms. The van der Waals surface area contributed by atoms with Crippen molar-refractivity contribution < 1.29 is 19.0 Å². The molecule has 0 saturated carbocycles. The normalized spacial score (nSPS) is 23.9. The van der Waals surface area contributed by atoms with Gasteiger partial charge in [-0.3, -0.25) is 0 Å². The van der Waals surface area contributed by atoms with E-state index >= 15 is 0 Å². The average molecular weight is 240 g/mol. The van der Waals surface area contributed by atoms with E-state index < -0.39 is 5.82 Å². The van der Waals surface area contributed by atoms with E-state index in [2.05, 4.69) is 0 Å². The number of hydrogen-bond acceptors (Lipinski definition) is 3. The molecule has 1 saturated heterocycles. The first-order chi connectivity index (χ1) is 8.20. The van der Waals surface area contributed by atoms with E-state index in [-0.39, 0.29) is 24.6 Å². The average Bonchev–Trinajstić information content (AvgIpc) is 2.73. The number of aliphatic hydroxyl groups is 1. The van der Waals surface area contributed by atoms with Gasteiger partial charge in [-0.2, -0.15) is 0 Å². The quantitative estimate of drug-likeness (QED) is 0.877. The molecule has 1 heterocycles. The summed E-state index contributed by atoms with van der Waals surface area (Å²) in [4.78, 5) is 0. The zero-order chi connectivity index (χ0) is 12.3. The highest BCUT2D eigenvalue weighted by molar-refractivity contribution is 5.34. The van der Waals surface area contributed by atoms with Crippen molar-refractivity contribution in [2.45, 2.75) is 38.6 Å². The summed E-state index contributed by atoms with van der Waals surface area (Å²) in [5.41, 5.74) is 0.469. The Bertz CT molecular complexity index is 381. The number of aliphatic hydroxyl groups excluding tert-OH is 1. The summed E-state index contributed by atoms with van der Waals surface area (Å²) in [5.74, 6) is -0.305. The molecule has 1 aliphatic rings. The highest BCUT2D eigenvalue weighted by Crippen LogP contribution is 2.25. The van der Waals surface area contributed by atoms with Crippen LogP contribution in [0.2, 0.25) is 0 Å². The lowest BCUT2D eigenvalue weighted by Gasteiger charge is -2.15. The first kappa shape index (κ1) is 12.3. The number of halogens is 1. The van der Waals surface area contributed by atoms with Gasteiger partial charge >= 0.3 is 0 Å². The Balaban J connectivity index is 1.98. The lowest BCUT2D eigenvalue weighted by Crippen LogP contribution is -2.18. The molecule has 4 heteroatoms. The largest absolute Gasteiger partial charge is 0.487 e. The van der Waals surface area contributed by atoms with Gasteiger partial charge in [-0.15, -0.1) is 0 Å². The summed E-state index contributed by atoms with van der Waals surface area (Å²) < 4.78 is 24.5. The molecule has 0 amide bonds. The molecule has 2 rings (SSSR count). The molecule has 1 N–H and O–H groups in total. The van der Waals surface area contributed by atoms with Gasteiger partial charge in [0.2, 0.25) is 0 Å². The Morgan fingerprint density at radius 2 is 2.29 bits per heavy atom. The van der Waals surface area contributed by atoms with E-state index in [1.54, 1.807) is 12.1 Å². The highest BCUT2D eigenvalue weighted by Gasteiger charge is 2.23. The second-order valence-corrected chi connectivity index (χ2v) is 4.34. The van der Waals surface area contributed by atoms with Gasteiger partial charge in [0.15, 0.2) is 11.6 Å². The van der Waals surface area contributed by atoms with Crippen molar-refractivity contribution in [3.05, 3.63) is 29.6 Å². The summed E-state index contributed by atoms with van der Waals surface area (Å²) in [6.07, 6.45) is 2.22. The number of rotatable bonds is 4. The SMILES string of the molecule is CC1CCC(COc2c(F)cccc2CO)O1. The number of para-hydroxylation sites is 1. The van der Waals surface area contributed by atoms with Crippen molar-refractivity contribution in [3.63, 3.8) is 0 Å². The van der Waals surface area contributed by atoms with Crippen molar-refractivity contribution in [1.82, 2.24) is 0 Å². The topological polar surface area (TPSA) is 38.7 Å². The summed E-state index contributed by atoms with van der Waals surface area (Å²) in [6, 6.07) is 4.53. The van der Waals surface area contributed by atoms with Gasteiger partial charge in [-0.25, -0.2) is 4.39 Å². The van der Waals surface area contributed by atoms with E-state index in [1.807, 2.05) is 6.92 Å². The third kappa shape index (κ3) is 2.96. The van der Waals surface area contributed by atoms with Crippen LogP contribution in [0.4, 0.5) is 4.39 Å². The Kier molecular flexibility index (Phi) is 3.97. The first-order valence-corrected chi connectivity index (χ1v) is 5.87. The summed E-state index contributed by atoms with van der Waals surface area (Å²) >= 11 is 0. The van der Waals surface area contributed by atoms with E-state index in [9.17, 15) is 4.39 Å². The predicted octanol–water partition coefficient (Wildman–Crippen LogP) is 2.26. The molecule has 2 atom stereocenters. The Hall–Kier alpha value is -1.13. The van der Waals surface area contributed by atoms with Crippen molar-refractivity contribution in [1.29, 1.82) is 0 Å². The highest BCUT2D eigenvalue weighted by atomic mass is 19.1. The molecule has 0 aliphatic carbocycles. The van der Waals surface area contributed by atoms with Crippen LogP contribution in [-0.2, 0) is 11.3 Å². The molecule has 1 fully saturated rings. The second kappa shape index (κ2) is 5.47. The van der Waals surface area contributed by atoms with Gasteiger partial charge in [0.25, 0.3) is 0 Å². The summed E-state index contributed by atoms with van der Waals surface area (Å²) in [5, 5.41) is 9.10. The Morgan fingerprint density at radius 1 is 1.47 bits per heavy atom. The van der Waals surface area contributed by atoms with Crippen LogP contribution in [0.5, 0.6) is 5.75 Å². The Morgan fingerprint density at radius 3 is 2.94 bits per heavy atom. The number of benzene rings is 1. The van der Waals surface area contributed by atoms with Crippen molar-refractivity contribution in [3.8, 4) is 5.75 Å². The fourth-order valence-electron chi connectivity index (χ4n) is 2.02. The molecular weight excluding hydrogens is 223 g/mol. The molecule has 1 aromatic carbocycles. The van der Waals surface area contributed by atoms with Crippen LogP contribution in [-0.4, -0.2) is 23.9 Å². The molecule has 3 nitrogen and oxygen atoms in total. The van der Waals surface area contributed by atoms with Gasteiger partial charge < -0.3 is 14.6 Å². The van der Waals surface area contributed by atoms with Crippen LogP contribution in [0.15, 0.2) is 18.2 Å². The molecule has 17 heavy (non-hydrogen) atoms. The predicted molar refractivity (Wildman–Crippen MR) is 61.4 cm³/mol. The van der Waals surface area contributed by atoms with Gasteiger partial charge in [-0.1, -0.05) is 12.1 Å².